The number of benzene rings is 2. The van der Waals surface area contributed by atoms with Crippen molar-refractivity contribution in [1.29, 1.82) is 0 Å². The number of H-pyrrole nitrogens is 1. The molecule has 0 unspecified atom stereocenters. The van der Waals surface area contributed by atoms with Gasteiger partial charge in [0, 0.05) is 23.1 Å². The van der Waals surface area contributed by atoms with Crippen molar-refractivity contribution in [2.45, 2.75) is 6.92 Å². The van der Waals surface area contributed by atoms with Gasteiger partial charge >= 0.3 is 5.97 Å². The number of hydrogen-bond acceptors (Lipinski definition) is 3. The van der Waals surface area contributed by atoms with E-state index in [4.69, 9.17) is 4.74 Å². The predicted octanol–water partition coefficient (Wildman–Crippen LogP) is 4.19. The molecule has 0 atom stereocenters. The van der Waals surface area contributed by atoms with Crippen LogP contribution in [0.3, 0.4) is 0 Å². The summed E-state index contributed by atoms with van der Waals surface area (Å²) >= 11 is 0. The van der Waals surface area contributed by atoms with Crippen LogP contribution >= 0.6 is 0 Å². The molecule has 2 aromatic carbocycles. The number of carboxylic acids is 1. The third-order valence-corrected chi connectivity index (χ3v) is 4.91. The first-order chi connectivity index (χ1) is 13.5. The minimum Gasteiger partial charge on any atom is -0.497 e. The standard InChI is InChI=1S/C22H18N2O4/c1-12-17(22(26)27)11-23-19(12)10-16-20-15(7-4-8-18(20)24-21(16)25)13-5-3-6-14(9-13)28-2/h3-11,23H,1-2H3,(H,24,25)(H,26,27)/b16-10-. The number of aromatic nitrogens is 1. The Hall–Kier alpha value is -3.80. The number of methoxy groups -OCH3 is 1. The number of aromatic carboxylic acids is 1. The Balaban J connectivity index is 1.88. The molecule has 0 fully saturated rings. The molecule has 1 aliphatic heterocycles. The summed E-state index contributed by atoms with van der Waals surface area (Å²) in [5.74, 6) is -0.507. The Labute approximate surface area is 161 Å². The molecular formula is C22H18N2O4. The summed E-state index contributed by atoms with van der Waals surface area (Å²) in [6.45, 7) is 1.72. The lowest BCUT2D eigenvalue weighted by atomic mass is 9.94. The first kappa shape index (κ1) is 17.6. The number of ether oxygens (including phenoxy) is 1. The second-order valence-corrected chi connectivity index (χ2v) is 6.52. The second kappa shape index (κ2) is 6.74. The molecule has 1 amide bonds. The van der Waals surface area contributed by atoms with Crippen LogP contribution in [0.4, 0.5) is 5.69 Å². The fourth-order valence-electron chi connectivity index (χ4n) is 3.45. The molecule has 140 valence electrons. The summed E-state index contributed by atoms with van der Waals surface area (Å²) < 4.78 is 5.32. The molecule has 0 radical (unpaired) electrons. The summed E-state index contributed by atoms with van der Waals surface area (Å²) in [4.78, 5) is 26.9. The fourth-order valence-corrected chi connectivity index (χ4v) is 3.45. The van der Waals surface area contributed by atoms with Gasteiger partial charge in [0.2, 0.25) is 0 Å². The molecule has 6 nitrogen and oxygen atoms in total. The van der Waals surface area contributed by atoms with Crippen LogP contribution in [0.2, 0.25) is 0 Å². The Morgan fingerprint density at radius 3 is 2.68 bits per heavy atom. The Morgan fingerprint density at radius 1 is 1.18 bits per heavy atom. The second-order valence-electron chi connectivity index (χ2n) is 6.52. The molecular weight excluding hydrogens is 356 g/mol. The number of carbonyl (C=O) groups is 2. The van der Waals surface area contributed by atoms with E-state index in [-0.39, 0.29) is 11.5 Å². The maximum Gasteiger partial charge on any atom is 0.337 e. The first-order valence-corrected chi connectivity index (χ1v) is 8.71. The molecule has 0 bridgehead atoms. The number of hydrogen-bond donors (Lipinski definition) is 3. The highest BCUT2D eigenvalue weighted by molar-refractivity contribution is 6.36. The van der Waals surface area contributed by atoms with Gasteiger partial charge in [0.1, 0.15) is 5.75 Å². The highest BCUT2D eigenvalue weighted by atomic mass is 16.5. The lowest BCUT2D eigenvalue weighted by Crippen LogP contribution is -2.03. The van der Waals surface area contributed by atoms with E-state index in [0.29, 0.717) is 16.8 Å². The van der Waals surface area contributed by atoms with Crippen molar-refractivity contribution in [3.8, 4) is 16.9 Å². The summed E-state index contributed by atoms with van der Waals surface area (Å²) in [6, 6.07) is 13.3. The maximum atomic E-state index is 12.7. The van der Waals surface area contributed by atoms with E-state index in [1.165, 1.54) is 6.20 Å². The minimum absolute atomic E-state index is 0.187. The van der Waals surface area contributed by atoms with Crippen molar-refractivity contribution in [3.63, 3.8) is 0 Å². The Morgan fingerprint density at radius 2 is 1.96 bits per heavy atom. The van der Waals surface area contributed by atoms with Crippen LogP contribution in [0.25, 0.3) is 22.8 Å². The molecule has 4 rings (SSSR count). The van der Waals surface area contributed by atoms with E-state index in [2.05, 4.69) is 10.3 Å². The van der Waals surface area contributed by atoms with Gasteiger partial charge in [-0.2, -0.15) is 0 Å². The van der Waals surface area contributed by atoms with Crippen LogP contribution in [-0.2, 0) is 4.79 Å². The zero-order valence-corrected chi connectivity index (χ0v) is 15.4. The Kier molecular flexibility index (Phi) is 4.24. The van der Waals surface area contributed by atoms with Gasteiger partial charge in [-0.3, -0.25) is 4.79 Å². The van der Waals surface area contributed by atoms with Crippen molar-refractivity contribution < 1.29 is 19.4 Å². The van der Waals surface area contributed by atoms with Crippen LogP contribution < -0.4 is 10.1 Å². The van der Waals surface area contributed by atoms with Crippen LogP contribution in [-0.4, -0.2) is 29.1 Å². The van der Waals surface area contributed by atoms with Gasteiger partial charge in [-0.15, -0.1) is 0 Å². The normalized spacial score (nSPS) is 14.1. The van der Waals surface area contributed by atoms with Crippen molar-refractivity contribution in [1.82, 2.24) is 4.98 Å². The number of fused-ring (bicyclic) bond motifs is 1. The molecule has 0 spiro atoms. The molecule has 0 saturated heterocycles. The predicted molar refractivity (Wildman–Crippen MR) is 107 cm³/mol. The van der Waals surface area contributed by atoms with Gasteiger partial charge in [0.25, 0.3) is 5.91 Å². The molecule has 3 aromatic rings. The molecule has 0 aliphatic carbocycles. The van der Waals surface area contributed by atoms with Crippen LogP contribution in [0, 0.1) is 6.92 Å². The van der Waals surface area contributed by atoms with Gasteiger partial charge in [-0.25, -0.2) is 4.79 Å². The quantitative estimate of drug-likeness (QED) is 0.597. The highest BCUT2D eigenvalue weighted by Crippen LogP contribution is 2.41. The summed E-state index contributed by atoms with van der Waals surface area (Å²) in [5, 5.41) is 12.1. The van der Waals surface area contributed by atoms with Crippen LogP contribution in [0.15, 0.2) is 48.7 Å². The Bertz CT molecular complexity index is 1140. The third kappa shape index (κ3) is 2.85. The smallest absolute Gasteiger partial charge is 0.337 e. The van der Waals surface area contributed by atoms with Crippen molar-refractivity contribution in [3.05, 3.63) is 71.0 Å². The number of nitrogens with one attached hydrogen (secondary N) is 2. The van der Waals surface area contributed by atoms with Crippen molar-refractivity contribution >= 4 is 29.2 Å². The van der Waals surface area contributed by atoms with E-state index in [1.807, 2.05) is 42.5 Å². The molecule has 1 aromatic heterocycles. The summed E-state index contributed by atoms with van der Waals surface area (Å²) in [7, 11) is 1.61. The molecule has 1 aliphatic rings. The van der Waals surface area contributed by atoms with Gasteiger partial charge in [0.05, 0.1) is 18.2 Å². The van der Waals surface area contributed by atoms with E-state index >= 15 is 0 Å². The van der Waals surface area contributed by atoms with Crippen LogP contribution in [0.1, 0.15) is 27.2 Å². The topological polar surface area (TPSA) is 91.4 Å². The monoisotopic (exact) mass is 374 g/mol. The van der Waals surface area contributed by atoms with Crippen LogP contribution in [0.5, 0.6) is 5.75 Å². The third-order valence-electron chi connectivity index (χ3n) is 4.91. The van der Waals surface area contributed by atoms with Crippen molar-refractivity contribution in [2.75, 3.05) is 12.4 Å². The van der Waals surface area contributed by atoms with E-state index in [0.717, 1.165) is 28.1 Å². The van der Waals surface area contributed by atoms with Gasteiger partial charge < -0.3 is 20.1 Å². The average molecular weight is 374 g/mol. The number of carbonyl (C=O) groups excluding carboxylic acids is 1. The van der Waals surface area contributed by atoms with Gasteiger partial charge in [0.15, 0.2) is 0 Å². The lowest BCUT2D eigenvalue weighted by molar-refractivity contribution is -0.110. The zero-order valence-electron chi connectivity index (χ0n) is 15.4. The molecule has 0 saturated carbocycles. The maximum absolute atomic E-state index is 12.7. The van der Waals surface area contributed by atoms with Crippen molar-refractivity contribution in [2.24, 2.45) is 0 Å². The lowest BCUT2D eigenvalue weighted by Gasteiger charge is -2.10. The highest BCUT2D eigenvalue weighted by Gasteiger charge is 2.28. The summed E-state index contributed by atoms with van der Waals surface area (Å²) in [5.41, 5.74) is 5.17. The van der Waals surface area contributed by atoms with Gasteiger partial charge in [-0.05, 0) is 47.9 Å². The first-order valence-electron chi connectivity index (χ1n) is 8.71. The van der Waals surface area contributed by atoms with E-state index in [9.17, 15) is 14.7 Å². The minimum atomic E-state index is -1.01. The van der Waals surface area contributed by atoms with Gasteiger partial charge in [-0.1, -0.05) is 24.3 Å². The molecule has 28 heavy (non-hydrogen) atoms. The average Bonchev–Trinajstić information content (AvgIpc) is 3.22. The SMILES string of the molecule is COc1cccc(-c2cccc3c2/C(=C/c2[nH]cc(C(=O)O)c2C)C(=O)N3)c1. The number of anilines is 1. The number of aromatic amines is 1. The van der Waals surface area contributed by atoms with E-state index in [1.54, 1.807) is 20.1 Å². The molecule has 2 heterocycles. The molecule has 3 N–H and O–H groups in total. The fraction of sp³-hybridized carbons (Fsp3) is 0.0909. The number of rotatable bonds is 4. The zero-order chi connectivity index (χ0) is 19.8. The van der Waals surface area contributed by atoms with E-state index < -0.39 is 5.97 Å². The summed E-state index contributed by atoms with van der Waals surface area (Å²) in [6.07, 6.45) is 3.14. The largest absolute Gasteiger partial charge is 0.497 e. The number of carboxylic acid groups (broad SMARTS) is 1. The molecule has 6 heteroatoms. The number of amides is 1.